The van der Waals surface area contributed by atoms with E-state index >= 15 is 0 Å². The third-order valence-electron chi connectivity index (χ3n) is 3.67. The zero-order valence-electron chi connectivity index (χ0n) is 12.1. The predicted octanol–water partition coefficient (Wildman–Crippen LogP) is 0.808. The smallest absolute Gasteiger partial charge is 0.293 e. The molecule has 0 radical (unpaired) electrons. The Labute approximate surface area is 123 Å². The van der Waals surface area contributed by atoms with E-state index in [4.69, 9.17) is 5.26 Å². The Morgan fingerprint density at radius 2 is 2.19 bits per heavy atom. The minimum absolute atomic E-state index is 0.0168. The molecular formula is C14H19N5O2. The molecule has 7 heteroatoms. The van der Waals surface area contributed by atoms with Gasteiger partial charge in [-0.25, -0.2) is 0 Å². The van der Waals surface area contributed by atoms with Crippen molar-refractivity contribution in [1.29, 1.82) is 5.26 Å². The van der Waals surface area contributed by atoms with E-state index < -0.39 is 4.92 Å². The summed E-state index contributed by atoms with van der Waals surface area (Å²) in [4.78, 5) is 14.9. The van der Waals surface area contributed by atoms with Gasteiger partial charge in [0.05, 0.1) is 16.6 Å². The quantitative estimate of drug-likeness (QED) is 0.637. The molecule has 1 heterocycles. The first-order valence-corrected chi connectivity index (χ1v) is 6.94. The van der Waals surface area contributed by atoms with Crippen molar-refractivity contribution in [1.82, 2.24) is 10.2 Å². The third kappa shape index (κ3) is 3.90. The zero-order valence-corrected chi connectivity index (χ0v) is 12.1. The fourth-order valence-corrected chi connectivity index (χ4v) is 2.41. The third-order valence-corrected chi connectivity index (χ3v) is 3.67. The number of benzene rings is 1. The lowest BCUT2D eigenvalue weighted by Crippen LogP contribution is -2.46. The average molecular weight is 289 g/mol. The van der Waals surface area contributed by atoms with E-state index in [1.54, 1.807) is 12.1 Å². The van der Waals surface area contributed by atoms with Crippen molar-refractivity contribution in [3.63, 3.8) is 0 Å². The predicted molar refractivity (Wildman–Crippen MR) is 80.4 cm³/mol. The minimum atomic E-state index is -0.433. The van der Waals surface area contributed by atoms with Crippen LogP contribution in [0.2, 0.25) is 0 Å². The van der Waals surface area contributed by atoms with Crippen LogP contribution in [0.4, 0.5) is 11.4 Å². The number of nitro groups is 1. The second-order valence-electron chi connectivity index (χ2n) is 5.09. The molecule has 1 aliphatic rings. The van der Waals surface area contributed by atoms with E-state index in [0.717, 1.165) is 32.7 Å². The van der Waals surface area contributed by atoms with Crippen LogP contribution in [-0.2, 0) is 0 Å². The fraction of sp³-hybridized carbons (Fsp3) is 0.500. The summed E-state index contributed by atoms with van der Waals surface area (Å²) < 4.78 is 0. The van der Waals surface area contributed by atoms with E-state index in [-0.39, 0.29) is 5.69 Å². The summed E-state index contributed by atoms with van der Waals surface area (Å²) in [6.45, 7) is 5.57. The number of piperazine rings is 1. The summed E-state index contributed by atoms with van der Waals surface area (Å²) in [7, 11) is 1.84. The number of likely N-dealkylation sites (N-methyl/N-ethyl adjacent to an activating group) is 1. The average Bonchev–Trinajstić information content (AvgIpc) is 2.52. The van der Waals surface area contributed by atoms with E-state index in [0.29, 0.717) is 17.8 Å². The van der Waals surface area contributed by atoms with Gasteiger partial charge >= 0.3 is 0 Å². The van der Waals surface area contributed by atoms with Crippen LogP contribution in [0.5, 0.6) is 0 Å². The first kappa shape index (κ1) is 15.2. The molecule has 1 fully saturated rings. The van der Waals surface area contributed by atoms with Gasteiger partial charge in [-0.3, -0.25) is 15.0 Å². The van der Waals surface area contributed by atoms with Crippen molar-refractivity contribution in [2.45, 2.75) is 0 Å². The molecule has 0 spiro atoms. The van der Waals surface area contributed by atoms with Gasteiger partial charge in [-0.2, -0.15) is 5.26 Å². The zero-order chi connectivity index (χ0) is 15.2. The second-order valence-corrected chi connectivity index (χ2v) is 5.09. The molecule has 112 valence electrons. The molecule has 0 saturated carbocycles. The lowest BCUT2D eigenvalue weighted by atomic mass is 10.1. The van der Waals surface area contributed by atoms with Gasteiger partial charge in [-0.05, 0) is 12.1 Å². The van der Waals surface area contributed by atoms with Crippen LogP contribution in [0.15, 0.2) is 18.2 Å². The highest BCUT2D eigenvalue weighted by molar-refractivity contribution is 5.65. The Bertz CT molecular complexity index is 549. The first-order valence-electron chi connectivity index (χ1n) is 6.94. The molecule has 0 atom stereocenters. The van der Waals surface area contributed by atoms with Gasteiger partial charge in [-0.1, -0.05) is 0 Å². The molecule has 1 saturated heterocycles. The molecule has 0 bridgehead atoms. The lowest BCUT2D eigenvalue weighted by Gasteiger charge is -2.29. The summed E-state index contributed by atoms with van der Waals surface area (Å²) in [6, 6.07) is 6.53. The number of rotatable bonds is 5. The maximum atomic E-state index is 11.2. The molecule has 0 aromatic heterocycles. The lowest BCUT2D eigenvalue weighted by molar-refractivity contribution is -0.384. The highest BCUT2D eigenvalue weighted by Crippen LogP contribution is 2.28. The number of nitrogens with zero attached hydrogens (tertiary/aromatic N) is 4. The molecule has 1 aliphatic heterocycles. The normalized spacial score (nSPS) is 15.4. The van der Waals surface area contributed by atoms with Crippen LogP contribution < -0.4 is 10.2 Å². The number of anilines is 1. The Balaban J connectivity index is 2.05. The highest BCUT2D eigenvalue weighted by Gasteiger charge is 2.19. The monoisotopic (exact) mass is 289 g/mol. The van der Waals surface area contributed by atoms with Crippen LogP contribution in [0.25, 0.3) is 0 Å². The van der Waals surface area contributed by atoms with Gasteiger partial charge in [0, 0.05) is 52.4 Å². The van der Waals surface area contributed by atoms with Crippen LogP contribution in [0, 0.1) is 21.4 Å². The van der Waals surface area contributed by atoms with E-state index in [1.807, 2.05) is 18.0 Å². The molecule has 7 nitrogen and oxygen atoms in total. The Morgan fingerprint density at radius 1 is 1.48 bits per heavy atom. The van der Waals surface area contributed by atoms with Gasteiger partial charge in [0.1, 0.15) is 5.69 Å². The van der Waals surface area contributed by atoms with E-state index in [1.165, 1.54) is 6.07 Å². The van der Waals surface area contributed by atoms with Crippen LogP contribution >= 0.6 is 0 Å². The SMILES string of the molecule is CN(CCN1CCNCC1)c1ccc(C#N)cc1[N+](=O)[O-]. The largest absolute Gasteiger partial charge is 0.368 e. The molecule has 0 unspecified atom stereocenters. The summed E-state index contributed by atoms with van der Waals surface area (Å²) >= 11 is 0. The van der Waals surface area contributed by atoms with Gasteiger partial charge in [0.2, 0.25) is 0 Å². The summed E-state index contributed by atoms with van der Waals surface area (Å²) in [6.07, 6.45) is 0. The first-order chi connectivity index (χ1) is 10.1. The molecule has 1 aromatic rings. The molecule has 0 aliphatic carbocycles. The van der Waals surface area contributed by atoms with Crippen LogP contribution in [0.3, 0.4) is 0 Å². The van der Waals surface area contributed by atoms with Gasteiger partial charge < -0.3 is 10.2 Å². The molecule has 0 amide bonds. The van der Waals surface area contributed by atoms with Crippen molar-refractivity contribution in [2.24, 2.45) is 0 Å². The number of nitriles is 1. The van der Waals surface area contributed by atoms with Crippen molar-refractivity contribution in [3.8, 4) is 6.07 Å². The number of nitro benzene ring substituents is 1. The molecule has 2 rings (SSSR count). The maximum Gasteiger partial charge on any atom is 0.293 e. The van der Waals surface area contributed by atoms with Crippen molar-refractivity contribution < 1.29 is 4.92 Å². The number of nitrogens with one attached hydrogen (secondary N) is 1. The highest BCUT2D eigenvalue weighted by atomic mass is 16.6. The van der Waals surface area contributed by atoms with E-state index in [2.05, 4.69) is 10.2 Å². The number of hydrogen-bond donors (Lipinski definition) is 1. The fourth-order valence-electron chi connectivity index (χ4n) is 2.41. The van der Waals surface area contributed by atoms with Gasteiger partial charge in [-0.15, -0.1) is 0 Å². The molecule has 21 heavy (non-hydrogen) atoms. The van der Waals surface area contributed by atoms with Crippen molar-refractivity contribution >= 4 is 11.4 Å². The molecule has 1 N–H and O–H groups in total. The molecular weight excluding hydrogens is 270 g/mol. The second kappa shape index (κ2) is 7.02. The maximum absolute atomic E-state index is 11.2. The van der Waals surface area contributed by atoms with Gasteiger partial charge in [0.15, 0.2) is 0 Å². The summed E-state index contributed by atoms with van der Waals surface area (Å²) in [5.74, 6) is 0. The summed E-state index contributed by atoms with van der Waals surface area (Å²) in [5, 5.41) is 23.3. The minimum Gasteiger partial charge on any atom is -0.368 e. The van der Waals surface area contributed by atoms with Gasteiger partial charge in [0.25, 0.3) is 5.69 Å². The number of hydrogen-bond acceptors (Lipinski definition) is 6. The van der Waals surface area contributed by atoms with Crippen LogP contribution in [-0.4, -0.2) is 56.1 Å². The standard InChI is InChI=1S/C14H19N5O2/c1-17(8-9-18-6-4-16-5-7-18)13-3-2-12(11-15)10-14(13)19(20)21/h2-3,10,16H,4-9H2,1H3. The Morgan fingerprint density at radius 3 is 2.81 bits per heavy atom. The van der Waals surface area contributed by atoms with Crippen molar-refractivity contribution in [2.75, 3.05) is 51.2 Å². The topological polar surface area (TPSA) is 85.4 Å². The Kier molecular flexibility index (Phi) is 5.09. The van der Waals surface area contributed by atoms with E-state index in [9.17, 15) is 10.1 Å². The summed E-state index contributed by atoms with van der Waals surface area (Å²) in [5.41, 5.74) is 0.840. The van der Waals surface area contributed by atoms with Crippen molar-refractivity contribution in [3.05, 3.63) is 33.9 Å². The Hall–Kier alpha value is -2.17. The van der Waals surface area contributed by atoms with Crippen LogP contribution in [0.1, 0.15) is 5.56 Å². The molecule has 1 aromatic carbocycles.